The molecule has 3 aliphatic carbocycles. The van der Waals surface area contributed by atoms with Crippen molar-refractivity contribution in [3.63, 3.8) is 0 Å². The zero-order chi connectivity index (χ0) is 8.77. The molecule has 3 rings (SSSR count). The average molecular weight is 166 g/mol. The molecule has 0 saturated heterocycles. The normalized spacial score (nSPS) is 47.0. The Balaban J connectivity index is 2.20. The van der Waals surface area contributed by atoms with Gasteiger partial charge in [-0.3, -0.25) is 0 Å². The van der Waals surface area contributed by atoms with Gasteiger partial charge in [0.1, 0.15) is 0 Å². The number of fused-ring (bicyclic) bond motifs is 3. The van der Waals surface area contributed by atoms with Gasteiger partial charge in [-0.1, -0.05) is 20.8 Å². The van der Waals surface area contributed by atoms with Crippen molar-refractivity contribution in [1.29, 1.82) is 0 Å². The molecule has 3 saturated carbocycles. The summed E-state index contributed by atoms with van der Waals surface area (Å²) in [7, 11) is 0. The molecule has 3 fully saturated rings. The molecule has 1 atom stereocenters. The number of hydrogen-bond donors (Lipinski definition) is 0. The van der Waals surface area contributed by atoms with Crippen LogP contribution >= 0.6 is 0 Å². The van der Waals surface area contributed by atoms with E-state index in [0.29, 0.717) is 0 Å². The van der Waals surface area contributed by atoms with Gasteiger partial charge in [0.25, 0.3) is 0 Å². The van der Waals surface area contributed by atoms with E-state index in [0.717, 1.165) is 23.2 Å². The SMILES string of the molecule is CC(C)C12CCC(CC1)CC2C. The van der Waals surface area contributed by atoms with Crippen LogP contribution in [0.2, 0.25) is 0 Å². The lowest BCUT2D eigenvalue weighted by Crippen LogP contribution is -2.44. The van der Waals surface area contributed by atoms with Crippen molar-refractivity contribution in [3.8, 4) is 0 Å². The van der Waals surface area contributed by atoms with Crippen molar-refractivity contribution in [2.75, 3.05) is 0 Å². The van der Waals surface area contributed by atoms with Crippen LogP contribution in [0.5, 0.6) is 0 Å². The van der Waals surface area contributed by atoms with Gasteiger partial charge in [-0.05, 0) is 55.3 Å². The number of rotatable bonds is 1. The first-order valence-electron chi connectivity index (χ1n) is 5.65. The van der Waals surface area contributed by atoms with Gasteiger partial charge in [-0.2, -0.15) is 0 Å². The first-order chi connectivity index (χ1) is 5.65. The summed E-state index contributed by atoms with van der Waals surface area (Å²) in [5.41, 5.74) is 0.745. The van der Waals surface area contributed by atoms with Crippen LogP contribution in [0.4, 0.5) is 0 Å². The topological polar surface area (TPSA) is 0 Å². The summed E-state index contributed by atoms with van der Waals surface area (Å²) in [5, 5.41) is 0. The molecule has 0 aromatic heterocycles. The molecule has 0 radical (unpaired) electrons. The second-order valence-electron chi connectivity index (χ2n) is 5.47. The molecule has 0 amide bonds. The van der Waals surface area contributed by atoms with Crippen LogP contribution in [0.3, 0.4) is 0 Å². The van der Waals surface area contributed by atoms with Gasteiger partial charge in [-0.25, -0.2) is 0 Å². The van der Waals surface area contributed by atoms with E-state index in [2.05, 4.69) is 20.8 Å². The Labute approximate surface area is 76.7 Å². The molecule has 0 aliphatic heterocycles. The summed E-state index contributed by atoms with van der Waals surface area (Å²) in [6.07, 6.45) is 7.64. The minimum Gasteiger partial charge on any atom is -0.0622 e. The van der Waals surface area contributed by atoms with Gasteiger partial charge >= 0.3 is 0 Å². The van der Waals surface area contributed by atoms with Crippen molar-refractivity contribution in [3.05, 3.63) is 0 Å². The molecule has 0 aromatic carbocycles. The Bertz CT molecular complexity index is 161. The molecule has 12 heavy (non-hydrogen) atoms. The van der Waals surface area contributed by atoms with Crippen LogP contribution < -0.4 is 0 Å². The van der Waals surface area contributed by atoms with E-state index < -0.39 is 0 Å². The van der Waals surface area contributed by atoms with E-state index in [1.54, 1.807) is 0 Å². The molecule has 0 spiro atoms. The van der Waals surface area contributed by atoms with Gasteiger partial charge in [-0.15, -0.1) is 0 Å². The predicted octanol–water partition coefficient (Wildman–Crippen LogP) is 3.86. The molecular formula is C12H22. The van der Waals surface area contributed by atoms with Crippen molar-refractivity contribution < 1.29 is 0 Å². The van der Waals surface area contributed by atoms with Crippen LogP contribution in [0.1, 0.15) is 52.9 Å². The minimum absolute atomic E-state index is 0.745. The maximum Gasteiger partial charge on any atom is -0.0248 e. The Morgan fingerprint density at radius 3 is 2.08 bits per heavy atom. The largest absolute Gasteiger partial charge is 0.0622 e. The second-order valence-corrected chi connectivity index (χ2v) is 5.47. The Morgan fingerprint density at radius 2 is 1.75 bits per heavy atom. The van der Waals surface area contributed by atoms with Crippen molar-refractivity contribution in [2.45, 2.75) is 52.9 Å². The molecule has 0 aromatic rings. The predicted molar refractivity (Wildman–Crippen MR) is 53.0 cm³/mol. The lowest BCUT2D eigenvalue weighted by molar-refractivity contribution is -0.0338. The highest BCUT2D eigenvalue weighted by atomic mass is 14.5. The summed E-state index contributed by atoms with van der Waals surface area (Å²) < 4.78 is 0. The van der Waals surface area contributed by atoms with Crippen LogP contribution in [0.15, 0.2) is 0 Å². The molecule has 0 heterocycles. The average Bonchev–Trinajstić information content (AvgIpc) is 2.05. The lowest BCUT2D eigenvalue weighted by atomic mass is 9.52. The Hall–Kier alpha value is 0. The third-order valence-corrected chi connectivity index (χ3v) is 4.85. The molecule has 0 N–H and O–H groups in total. The molecular weight excluding hydrogens is 144 g/mol. The van der Waals surface area contributed by atoms with Gasteiger partial charge in [0.05, 0.1) is 0 Å². The monoisotopic (exact) mass is 166 g/mol. The summed E-state index contributed by atoms with van der Waals surface area (Å²) >= 11 is 0. The molecule has 1 unspecified atom stereocenters. The lowest BCUT2D eigenvalue weighted by Gasteiger charge is -2.54. The van der Waals surface area contributed by atoms with E-state index in [9.17, 15) is 0 Å². The zero-order valence-corrected chi connectivity index (χ0v) is 8.77. The fourth-order valence-corrected chi connectivity index (χ4v) is 3.82. The highest BCUT2D eigenvalue weighted by Crippen LogP contribution is 2.57. The van der Waals surface area contributed by atoms with Gasteiger partial charge in [0.15, 0.2) is 0 Å². The van der Waals surface area contributed by atoms with E-state index in [-0.39, 0.29) is 0 Å². The van der Waals surface area contributed by atoms with Crippen molar-refractivity contribution >= 4 is 0 Å². The van der Waals surface area contributed by atoms with Crippen molar-refractivity contribution in [2.24, 2.45) is 23.2 Å². The van der Waals surface area contributed by atoms with Crippen LogP contribution in [-0.4, -0.2) is 0 Å². The first-order valence-corrected chi connectivity index (χ1v) is 5.65. The van der Waals surface area contributed by atoms with E-state index >= 15 is 0 Å². The fraction of sp³-hybridized carbons (Fsp3) is 1.00. The quantitative estimate of drug-likeness (QED) is 0.555. The molecule has 2 bridgehead atoms. The van der Waals surface area contributed by atoms with E-state index in [1.807, 2.05) is 0 Å². The summed E-state index contributed by atoms with van der Waals surface area (Å²) in [4.78, 5) is 0. The summed E-state index contributed by atoms with van der Waals surface area (Å²) in [5.74, 6) is 3.01. The second kappa shape index (κ2) is 2.75. The van der Waals surface area contributed by atoms with Gasteiger partial charge < -0.3 is 0 Å². The molecule has 0 heteroatoms. The van der Waals surface area contributed by atoms with Gasteiger partial charge in [0, 0.05) is 0 Å². The summed E-state index contributed by atoms with van der Waals surface area (Å²) in [6, 6.07) is 0. The first kappa shape index (κ1) is 8.59. The molecule has 3 aliphatic rings. The standard InChI is InChI=1S/C12H22/c1-9(2)12-6-4-11(5-7-12)8-10(12)3/h9-11H,4-8H2,1-3H3. The fourth-order valence-electron chi connectivity index (χ4n) is 3.82. The Kier molecular flexibility index (Phi) is 1.97. The smallest absolute Gasteiger partial charge is 0.0248 e. The summed E-state index contributed by atoms with van der Waals surface area (Å²) in [6.45, 7) is 7.36. The maximum absolute atomic E-state index is 2.49. The third kappa shape index (κ3) is 1.03. The highest BCUT2D eigenvalue weighted by molar-refractivity contribution is 4.97. The zero-order valence-electron chi connectivity index (χ0n) is 8.77. The molecule has 0 nitrogen and oxygen atoms in total. The van der Waals surface area contributed by atoms with Crippen LogP contribution in [0.25, 0.3) is 0 Å². The molecule has 70 valence electrons. The van der Waals surface area contributed by atoms with Crippen LogP contribution in [-0.2, 0) is 0 Å². The number of hydrogen-bond acceptors (Lipinski definition) is 0. The third-order valence-electron chi connectivity index (χ3n) is 4.85. The highest BCUT2D eigenvalue weighted by Gasteiger charge is 2.46. The Morgan fingerprint density at radius 1 is 1.17 bits per heavy atom. The van der Waals surface area contributed by atoms with Crippen LogP contribution in [0, 0.1) is 23.2 Å². The van der Waals surface area contributed by atoms with E-state index in [4.69, 9.17) is 0 Å². The maximum atomic E-state index is 2.49. The van der Waals surface area contributed by atoms with Gasteiger partial charge in [0.2, 0.25) is 0 Å². The minimum atomic E-state index is 0.745. The van der Waals surface area contributed by atoms with Crippen molar-refractivity contribution in [1.82, 2.24) is 0 Å². The van der Waals surface area contributed by atoms with E-state index in [1.165, 1.54) is 32.1 Å².